The predicted molar refractivity (Wildman–Crippen MR) is 103 cm³/mol. The highest BCUT2D eigenvalue weighted by Gasteiger charge is 2.32. The second-order valence-electron chi connectivity index (χ2n) is 6.14. The maximum Gasteiger partial charge on any atom is 0.416 e. The van der Waals surface area contributed by atoms with E-state index in [0.29, 0.717) is 11.5 Å². The molecule has 3 aromatic carbocycles. The number of carbonyl (C=O) groups is 1. The van der Waals surface area contributed by atoms with E-state index in [1.54, 1.807) is 36.4 Å². The molecule has 29 heavy (non-hydrogen) atoms. The van der Waals surface area contributed by atoms with E-state index in [4.69, 9.17) is 37.8 Å². The van der Waals surface area contributed by atoms with Gasteiger partial charge in [-0.3, -0.25) is 0 Å². The molecule has 0 fully saturated rings. The van der Waals surface area contributed by atoms with E-state index in [-0.39, 0.29) is 15.8 Å². The van der Waals surface area contributed by atoms with Crippen LogP contribution in [-0.4, -0.2) is 17.2 Å². The van der Waals surface area contributed by atoms with Crippen molar-refractivity contribution in [3.8, 4) is 17.2 Å². The first-order valence-corrected chi connectivity index (χ1v) is 8.97. The summed E-state index contributed by atoms with van der Waals surface area (Å²) in [6, 6.07) is 11.4. The topological polar surface area (TPSA) is 55.8 Å². The minimum atomic E-state index is -4.58. The smallest absolute Gasteiger partial charge is 0.416 e. The Balaban J connectivity index is 1.87. The number of aliphatic carboxylic acids is 1. The van der Waals surface area contributed by atoms with Crippen LogP contribution in [0.2, 0.25) is 10.0 Å². The van der Waals surface area contributed by atoms with Gasteiger partial charge in [-0.2, -0.15) is 13.2 Å². The fraction of sp³-hybridized carbons (Fsp3) is 0.150. The van der Waals surface area contributed by atoms with Gasteiger partial charge in [0.2, 0.25) is 0 Å². The predicted octanol–water partition coefficient (Wildman–Crippen LogP) is 6.81. The van der Waals surface area contributed by atoms with Crippen LogP contribution in [0.15, 0.2) is 48.5 Å². The Kier molecular flexibility index (Phi) is 5.82. The van der Waals surface area contributed by atoms with Crippen molar-refractivity contribution < 1.29 is 32.5 Å². The third-order valence-electron chi connectivity index (χ3n) is 3.99. The van der Waals surface area contributed by atoms with Crippen molar-refractivity contribution in [1.29, 1.82) is 0 Å². The summed E-state index contributed by atoms with van der Waals surface area (Å²) in [4.78, 5) is 10.9. The summed E-state index contributed by atoms with van der Waals surface area (Å²) in [6.07, 6.45) is -5.58. The van der Waals surface area contributed by atoms with E-state index >= 15 is 0 Å². The molecule has 0 aliphatic heterocycles. The molecule has 0 saturated carbocycles. The van der Waals surface area contributed by atoms with E-state index in [0.717, 1.165) is 22.9 Å². The molecular formula is C20H13Cl2F3O4. The van der Waals surface area contributed by atoms with Gasteiger partial charge in [-0.15, -0.1) is 0 Å². The number of fused-ring (bicyclic) bond motifs is 1. The first-order chi connectivity index (χ1) is 13.5. The van der Waals surface area contributed by atoms with Crippen molar-refractivity contribution in [2.75, 3.05) is 0 Å². The van der Waals surface area contributed by atoms with Gasteiger partial charge in [0.05, 0.1) is 15.6 Å². The van der Waals surface area contributed by atoms with Gasteiger partial charge < -0.3 is 14.6 Å². The average molecular weight is 445 g/mol. The second-order valence-corrected chi connectivity index (χ2v) is 6.95. The molecule has 0 heterocycles. The molecule has 0 aromatic heterocycles. The number of alkyl halides is 3. The zero-order chi connectivity index (χ0) is 21.3. The van der Waals surface area contributed by atoms with Crippen LogP contribution >= 0.6 is 23.2 Å². The van der Waals surface area contributed by atoms with Crippen molar-refractivity contribution in [2.24, 2.45) is 0 Å². The van der Waals surface area contributed by atoms with Crippen LogP contribution in [0.5, 0.6) is 17.2 Å². The third kappa shape index (κ3) is 4.86. The lowest BCUT2D eigenvalue weighted by Crippen LogP contribution is -2.22. The SMILES string of the molecule is C[C@@H](Oc1ccc2cc(Oc3c(Cl)cc(C(F)(F)F)cc3Cl)ccc2c1)C(=O)O. The number of hydrogen-bond donors (Lipinski definition) is 1. The van der Waals surface area contributed by atoms with Crippen LogP contribution in [0.1, 0.15) is 12.5 Å². The quantitative estimate of drug-likeness (QED) is 0.469. The van der Waals surface area contributed by atoms with E-state index in [1.807, 2.05) is 0 Å². The molecule has 1 N–H and O–H groups in total. The first-order valence-electron chi connectivity index (χ1n) is 8.22. The molecule has 152 valence electrons. The van der Waals surface area contributed by atoms with E-state index < -0.39 is 23.8 Å². The van der Waals surface area contributed by atoms with Crippen molar-refractivity contribution in [3.05, 3.63) is 64.1 Å². The maximum absolute atomic E-state index is 12.8. The van der Waals surface area contributed by atoms with Crippen LogP contribution < -0.4 is 9.47 Å². The Bertz CT molecular complexity index is 1060. The molecule has 0 spiro atoms. The monoisotopic (exact) mass is 444 g/mol. The van der Waals surface area contributed by atoms with E-state index in [9.17, 15) is 18.0 Å². The van der Waals surface area contributed by atoms with Gasteiger partial charge in [-0.25, -0.2) is 4.79 Å². The summed E-state index contributed by atoms with van der Waals surface area (Å²) in [6.45, 7) is 1.42. The zero-order valence-corrected chi connectivity index (χ0v) is 16.3. The largest absolute Gasteiger partial charge is 0.479 e. The number of halogens is 5. The molecule has 0 radical (unpaired) electrons. The van der Waals surface area contributed by atoms with Crippen LogP contribution in [0.3, 0.4) is 0 Å². The minimum absolute atomic E-state index is 0.0871. The first kappa shape index (κ1) is 21.1. The average Bonchev–Trinajstić information content (AvgIpc) is 2.63. The number of benzene rings is 3. The molecule has 0 bridgehead atoms. The van der Waals surface area contributed by atoms with Crippen molar-refractivity contribution in [2.45, 2.75) is 19.2 Å². The Morgan fingerprint density at radius 3 is 2.00 bits per heavy atom. The number of carboxylic acid groups (broad SMARTS) is 1. The lowest BCUT2D eigenvalue weighted by atomic mass is 10.1. The Morgan fingerprint density at radius 1 is 0.966 bits per heavy atom. The van der Waals surface area contributed by atoms with Crippen molar-refractivity contribution >= 4 is 39.9 Å². The highest BCUT2D eigenvalue weighted by molar-refractivity contribution is 6.37. The summed E-state index contributed by atoms with van der Waals surface area (Å²) >= 11 is 11.9. The standard InChI is InChI=1S/C20H13Cl2F3O4/c1-10(19(26)27)28-14-4-2-12-7-15(5-3-11(12)6-14)29-18-16(21)8-13(9-17(18)22)20(23,24)25/h2-10H,1H3,(H,26,27)/t10-/m1/s1. The molecule has 0 amide bonds. The lowest BCUT2D eigenvalue weighted by molar-refractivity contribution is -0.144. The number of carboxylic acids is 1. The highest BCUT2D eigenvalue weighted by atomic mass is 35.5. The molecule has 3 aromatic rings. The molecule has 4 nitrogen and oxygen atoms in total. The zero-order valence-electron chi connectivity index (χ0n) is 14.8. The number of rotatable bonds is 5. The molecule has 0 saturated heterocycles. The summed E-state index contributed by atoms with van der Waals surface area (Å²) in [5, 5.41) is 9.86. The molecule has 1 atom stereocenters. The fourth-order valence-electron chi connectivity index (χ4n) is 2.53. The van der Waals surface area contributed by atoms with Gasteiger partial charge in [-0.1, -0.05) is 35.3 Å². The highest BCUT2D eigenvalue weighted by Crippen LogP contribution is 2.42. The fourth-order valence-corrected chi connectivity index (χ4v) is 3.10. The van der Waals surface area contributed by atoms with Crippen LogP contribution in [0, 0.1) is 0 Å². The molecule has 9 heteroatoms. The second kappa shape index (κ2) is 8.00. The molecule has 0 aliphatic rings. The normalized spacial score (nSPS) is 12.6. The van der Waals surface area contributed by atoms with Gasteiger partial charge in [0, 0.05) is 0 Å². The van der Waals surface area contributed by atoms with Gasteiger partial charge in [0.1, 0.15) is 11.5 Å². The van der Waals surface area contributed by atoms with Crippen molar-refractivity contribution in [3.63, 3.8) is 0 Å². The summed E-state index contributed by atoms with van der Waals surface area (Å²) in [5.41, 5.74) is -0.971. The Hall–Kier alpha value is -2.64. The minimum Gasteiger partial charge on any atom is -0.479 e. The van der Waals surface area contributed by atoms with Crippen LogP contribution in [-0.2, 0) is 11.0 Å². The van der Waals surface area contributed by atoms with Gasteiger partial charge in [0.15, 0.2) is 11.9 Å². The van der Waals surface area contributed by atoms with E-state index in [1.165, 1.54) is 6.92 Å². The van der Waals surface area contributed by atoms with Crippen molar-refractivity contribution in [1.82, 2.24) is 0 Å². The van der Waals surface area contributed by atoms with Gasteiger partial charge in [0.25, 0.3) is 0 Å². The maximum atomic E-state index is 12.8. The van der Waals surface area contributed by atoms with Crippen LogP contribution in [0.4, 0.5) is 13.2 Å². The summed E-state index contributed by atoms with van der Waals surface area (Å²) in [7, 11) is 0. The molecular weight excluding hydrogens is 432 g/mol. The Labute approximate surface area is 173 Å². The summed E-state index contributed by atoms with van der Waals surface area (Å²) < 4.78 is 49.4. The van der Waals surface area contributed by atoms with Crippen LogP contribution in [0.25, 0.3) is 10.8 Å². The number of ether oxygens (including phenoxy) is 2. The third-order valence-corrected chi connectivity index (χ3v) is 4.55. The number of hydrogen-bond acceptors (Lipinski definition) is 3. The lowest BCUT2D eigenvalue weighted by Gasteiger charge is -2.14. The van der Waals surface area contributed by atoms with E-state index in [2.05, 4.69) is 0 Å². The van der Waals surface area contributed by atoms with Gasteiger partial charge in [-0.05, 0) is 54.1 Å². The Morgan fingerprint density at radius 2 is 1.48 bits per heavy atom. The molecule has 0 aliphatic carbocycles. The molecule has 0 unspecified atom stereocenters. The van der Waals surface area contributed by atoms with Gasteiger partial charge >= 0.3 is 12.1 Å². The summed E-state index contributed by atoms with van der Waals surface area (Å²) in [5.74, 6) is -0.474. The molecule has 3 rings (SSSR count).